The number of nitrogens with zero attached hydrogens (tertiary/aromatic N) is 3. The molecule has 272 valence electrons. The molecule has 9 aromatic carbocycles. The predicted octanol–water partition coefficient (Wildman–Crippen LogP) is 14.7. The van der Waals surface area contributed by atoms with Crippen LogP contribution >= 0.6 is 0 Å². The lowest BCUT2D eigenvalue weighted by atomic mass is 9.82. The second kappa shape index (κ2) is 12.5. The van der Waals surface area contributed by atoms with Gasteiger partial charge in [0.15, 0.2) is 11.6 Å². The fourth-order valence-electron chi connectivity index (χ4n) is 9.31. The Morgan fingerprint density at radius 1 is 0.456 bits per heavy atom. The van der Waals surface area contributed by atoms with Crippen LogP contribution in [0.4, 0.5) is 43.0 Å². The molecule has 0 spiro atoms. The summed E-state index contributed by atoms with van der Waals surface area (Å²) in [6, 6.07) is 56.6. The van der Waals surface area contributed by atoms with Gasteiger partial charge in [-0.15, -0.1) is 0 Å². The van der Waals surface area contributed by atoms with Crippen molar-refractivity contribution in [2.45, 2.75) is 19.3 Å². The second-order valence-corrected chi connectivity index (χ2v) is 15.4. The summed E-state index contributed by atoms with van der Waals surface area (Å²) in [4.78, 5) is 8.97. The number of rotatable bonds is 6. The fourth-order valence-corrected chi connectivity index (χ4v) is 9.31. The highest BCUT2D eigenvalue weighted by Crippen LogP contribution is 2.55. The lowest BCUT2D eigenvalue weighted by molar-refractivity contribution is 0.628. The van der Waals surface area contributed by atoms with E-state index < -0.39 is 0 Å². The van der Waals surface area contributed by atoms with Gasteiger partial charge in [0.05, 0.1) is 17.1 Å². The first kappa shape index (κ1) is 33.2. The third kappa shape index (κ3) is 4.91. The van der Waals surface area contributed by atoms with Gasteiger partial charge in [0.2, 0.25) is 0 Å². The minimum atomic E-state index is -0.375. The first-order valence-electron chi connectivity index (χ1n) is 19.3. The number of hydrogen-bond acceptors (Lipinski definition) is 3. The SMILES string of the molecule is CC1(C)c2ccccc2-c2c(N(c3ccc(F)cc3)c3ccc4ccc5c(N(c6ccccc6)c6ncc7ccccc7c6F)ccc6ccc3c4c65)cccc21. The zero-order valence-electron chi connectivity index (χ0n) is 31.3. The number of anilines is 6. The molecule has 1 heterocycles. The zero-order valence-corrected chi connectivity index (χ0v) is 31.3. The van der Waals surface area contributed by atoms with Crippen molar-refractivity contribution in [1.29, 1.82) is 0 Å². The largest absolute Gasteiger partial charge is 0.309 e. The van der Waals surface area contributed by atoms with Crippen molar-refractivity contribution >= 4 is 77.3 Å². The third-order valence-electron chi connectivity index (χ3n) is 12.0. The molecule has 11 rings (SSSR count). The first-order chi connectivity index (χ1) is 27.9. The zero-order chi connectivity index (χ0) is 38.4. The number of fused-ring (bicyclic) bond motifs is 4. The van der Waals surface area contributed by atoms with Gasteiger partial charge in [-0.25, -0.2) is 13.8 Å². The molecule has 3 nitrogen and oxygen atoms in total. The number of hydrogen-bond donors (Lipinski definition) is 0. The second-order valence-electron chi connectivity index (χ2n) is 15.4. The maximum atomic E-state index is 16.7. The van der Waals surface area contributed by atoms with Crippen LogP contribution in [-0.2, 0) is 5.41 Å². The van der Waals surface area contributed by atoms with Gasteiger partial charge >= 0.3 is 0 Å². The summed E-state index contributed by atoms with van der Waals surface area (Å²) in [7, 11) is 0. The maximum absolute atomic E-state index is 16.7. The summed E-state index contributed by atoms with van der Waals surface area (Å²) in [6.45, 7) is 4.57. The van der Waals surface area contributed by atoms with Gasteiger partial charge in [-0.3, -0.25) is 4.90 Å². The number of pyridine rings is 1. The molecule has 0 amide bonds. The van der Waals surface area contributed by atoms with E-state index in [1.54, 1.807) is 12.3 Å². The van der Waals surface area contributed by atoms with Crippen LogP contribution in [0.5, 0.6) is 0 Å². The fraction of sp³-hybridized carbons (Fsp3) is 0.0577. The molecular formula is C52H35F2N3. The Balaban J connectivity index is 1.19. The quantitative estimate of drug-likeness (QED) is 0.158. The summed E-state index contributed by atoms with van der Waals surface area (Å²) < 4.78 is 31.3. The van der Waals surface area contributed by atoms with Gasteiger partial charge in [0, 0.05) is 50.1 Å². The molecule has 10 aromatic rings. The topological polar surface area (TPSA) is 19.4 Å². The van der Waals surface area contributed by atoms with Crippen molar-refractivity contribution in [3.05, 3.63) is 199 Å². The van der Waals surface area contributed by atoms with Crippen molar-refractivity contribution < 1.29 is 8.78 Å². The highest BCUT2D eigenvalue weighted by Gasteiger charge is 2.38. The van der Waals surface area contributed by atoms with Gasteiger partial charge < -0.3 is 4.90 Å². The minimum absolute atomic E-state index is 0.195. The molecule has 0 fully saturated rings. The summed E-state index contributed by atoms with van der Waals surface area (Å²) in [6.07, 6.45) is 1.75. The summed E-state index contributed by atoms with van der Waals surface area (Å²) in [5.74, 6) is -0.425. The highest BCUT2D eigenvalue weighted by molar-refractivity contribution is 6.28. The summed E-state index contributed by atoms with van der Waals surface area (Å²) >= 11 is 0. The lowest BCUT2D eigenvalue weighted by Gasteiger charge is -2.31. The molecule has 0 bridgehead atoms. The molecule has 5 heteroatoms. The molecule has 0 saturated heterocycles. The molecule has 0 atom stereocenters. The van der Waals surface area contributed by atoms with E-state index in [0.717, 1.165) is 66.1 Å². The summed E-state index contributed by atoms with van der Waals surface area (Å²) in [5, 5.41) is 7.64. The van der Waals surface area contributed by atoms with E-state index in [1.165, 1.54) is 34.4 Å². The van der Waals surface area contributed by atoms with E-state index in [1.807, 2.05) is 65.6 Å². The minimum Gasteiger partial charge on any atom is -0.309 e. The van der Waals surface area contributed by atoms with Crippen molar-refractivity contribution in [3.63, 3.8) is 0 Å². The van der Waals surface area contributed by atoms with Gasteiger partial charge in [0.25, 0.3) is 0 Å². The average molecular weight is 740 g/mol. The van der Waals surface area contributed by atoms with E-state index in [9.17, 15) is 4.39 Å². The van der Waals surface area contributed by atoms with Crippen LogP contribution in [-0.4, -0.2) is 4.98 Å². The predicted molar refractivity (Wildman–Crippen MR) is 232 cm³/mol. The monoisotopic (exact) mass is 739 g/mol. The molecule has 0 unspecified atom stereocenters. The molecule has 57 heavy (non-hydrogen) atoms. The molecule has 0 saturated carbocycles. The summed E-state index contributed by atoms with van der Waals surface area (Å²) in [5.41, 5.74) is 9.23. The number of halogens is 2. The van der Waals surface area contributed by atoms with Gasteiger partial charge in [-0.05, 0) is 92.8 Å². The van der Waals surface area contributed by atoms with Crippen LogP contribution in [0.15, 0.2) is 176 Å². The Morgan fingerprint density at radius 3 is 1.79 bits per heavy atom. The van der Waals surface area contributed by atoms with Gasteiger partial charge in [-0.2, -0.15) is 0 Å². The standard InChI is InChI=1S/C52H35F2N3/c1-52(2)42-16-9-8-15-39(42)49-43(52)17-10-18-46(49)56(37-25-23-35(53)24-26-37)44-29-21-32-20-28-41-45(30-22-33-19-27-40(44)47(32)48(33)41)57(36-12-4-3-5-13-36)51-50(54)38-14-7-6-11-34(38)31-55-51/h3-31H,1-2H3. The van der Waals surface area contributed by atoms with E-state index >= 15 is 4.39 Å². The van der Waals surface area contributed by atoms with Crippen LogP contribution < -0.4 is 9.80 Å². The lowest BCUT2D eigenvalue weighted by Crippen LogP contribution is -2.16. The molecule has 0 aliphatic heterocycles. The number of aromatic nitrogens is 1. The maximum Gasteiger partial charge on any atom is 0.174 e. The van der Waals surface area contributed by atoms with Crippen molar-refractivity contribution in [1.82, 2.24) is 4.98 Å². The molecule has 1 aromatic heterocycles. The Bertz CT molecular complexity index is 3190. The van der Waals surface area contributed by atoms with E-state index in [4.69, 9.17) is 4.98 Å². The van der Waals surface area contributed by atoms with E-state index in [2.05, 4.69) is 110 Å². The van der Waals surface area contributed by atoms with E-state index in [0.29, 0.717) is 5.39 Å². The molecular weight excluding hydrogens is 705 g/mol. The van der Waals surface area contributed by atoms with Gasteiger partial charge in [-0.1, -0.05) is 129 Å². The number of benzene rings is 9. The normalized spacial score (nSPS) is 13.1. The van der Waals surface area contributed by atoms with E-state index in [-0.39, 0.29) is 22.9 Å². The molecule has 1 aliphatic carbocycles. The van der Waals surface area contributed by atoms with Crippen molar-refractivity contribution in [2.75, 3.05) is 9.80 Å². The van der Waals surface area contributed by atoms with Crippen LogP contribution in [0.2, 0.25) is 0 Å². The van der Waals surface area contributed by atoms with Crippen molar-refractivity contribution in [3.8, 4) is 11.1 Å². The Kier molecular flexibility index (Phi) is 7.26. The van der Waals surface area contributed by atoms with Gasteiger partial charge in [0.1, 0.15) is 5.82 Å². The smallest absolute Gasteiger partial charge is 0.174 e. The van der Waals surface area contributed by atoms with Crippen LogP contribution in [0.1, 0.15) is 25.0 Å². The first-order valence-corrected chi connectivity index (χ1v) is 19.3. The van der Waals surface area contributed by atoms with Crippen LogP contribution in [0.3, 0.4) is 0 Å². The average Bonchev–Trinajstić information content (AvgIpc) is 3.49. The van der Waals surface area contributed by atoms with Crippen LogP contribution in [0, 0.1) is 11.6 Å². The Labute approximate surface area is 329 Å². The Morgan fingerprint density at radius 2 is 1.05 bits per heavy atom. The highest BCUT2D eigenvalue weighted by atomic mass is 19.1. The molecule has 1 aliphatic rings. The molecule has 0 N–H and O–H groups in total. The Hall–Kier alpha value is -7.11. The van der Waals surface area contributed by atoms with Crippen LogP contribution in [0.25, 0.3) is 54.2 Å². The number of para-hydroxylation sites is 1. The molecule has 0 radical (unpaired) electrons. The van der Waals surface area contributed by atoms with Crippen molar-refractivity contribution in [2.24, 2.45) is 0 Å². The third-order valence-corrected chi connectivity index (χ3v) is 12.0.